The van der Waals surface area contributed by atoms with E-state index in [1.807, 2.05) is 0 Å². The van der Waals surface area contributed by atoms with E-state index in [1.165, 1.54) is 13.8 Å². The maximum atomic E-state index is 13.5. The van der Waals surface area contributed by atoms with Crippen LogP contribution < -0.4 is 14.8 Å². The molecular weight excluding hydrogens is 450 g/mol. The second-order valence-electron chi connectivity index (χ2n) is 6.90. The van der Waals surface area contributed by atoms with Crippen molar-refractivity contribution in [2.45, 2.75) is 44.2 Å². The molecule has 12 heteroatoms. The molecule has 1 unspecified atom stereocenters. The Bertz CT molecular complexity index is 995. The number of hydrogen-bond acceptors (Lipinski definition) is 4. The topological polar surface area (TPSA) is 67.4 Å². The monoisotopic (exact) mass is 470 g/mol. The highest BCUT2D eigenvalue weighted by molar-refractivity contribution is 7.89. The fourth-order valence-corrected chi connectivity index (χ4v) is 4.73. The third-order valence-corrected chi connectivity index (χ3v) is 5.94. The molecule has 0 spiro atoms. The van der Waals surface area contributed by atoms with Gasteiger partial charge < -0.3 is 10.1 Å². The van der Waals surface area contributed by atoms with E-state index in [2.05, 4.69) is 10.1 Å². The molecule has 172 valence electrons. The van der Waals surface area contributed by atoms with Crippen molar-refractivity contribution in [1.29, 1.82) is 0 Å². The zero-order chi connectivity index (χ0) is 23.6. The maximum absolute atomic E-state index is 13.5. The first-order valence-electron chi connectivity index (χ1n) is 8.85. The molecule has 0 saturated heterocycles. The van der Waals surface area contributed by atoms with E-state index in [9.17, 15) is 34.8 Å². The smallest absolute Gasteiger partial charge is 0.406 e. The first kappa shape index (κ1) is 24.8. The zero-order valence-corrected chi connectivity index (χ0v) is 17.5. The van der Waals surface area contributed by atoms with Crippen molar-refractivity contribution in [2.75, 3.05) is 11.9 Å². The molecule has 2 aromatic carbocycles. The Balaban J connectivity index is 2.18. The van der Waals surface area contributed by atoms with Gasteiger partial charge in [0.25, 0.3) is 0 Å². The van der Waals surface area contributed by atoms with Gasteiger partial charge in [-0.3, -0.25) is 0 Å². The van der Waals surface area contributed by atoms with Gasteiger partial charge in [0, 0.05) is 12.2 Å². The maximum Gasteiger partial charge on any atom is 0.573 e. The summed E-state index contributed by atoms with van der Waals surface area (Å²) in [6, 6.07) is 4.61. The Morgan fingerprint density at radius 3 is 1.90 bits per heavy atom. The minimum absolute atomic E-state index is 0.0469. The third kappa shape index (κ3) is 7.03. The molecule has 31 heavy (non-hydrogen) atoms. The van der Waals surface area contributed by atoms with Crippen LogP contribution in [-0.4, -0.2) is 33.5 Å². The SMILES string of the molecule is Cc1cc(C)c(S(=O)(=O)NC(CNc2ccc(OC(F)(F)F)cc2)C(F)(F)F)c(C)c1. The van der Waals surface area contributed by atoms with Crippen LogP contribution in [0.2, 0.25) is 0 Å². The Hall–Kier alpha value is -2.47. The number of alkyl halides is 6. The molecule has 0 amide bonds. The summed E-state index contributed by atoms with van der Waals surface area (Å²) >= 11 is 0. The summed E-state index contributed by atoms with van der Waals surface area (Å²) in [5, 5.41) is 2.37. The molecule has 0 radical (unpaired) electrons. The van der Waals surface area contributed by atoms with Crippen LogP contribution in [0.5, 0.6) is 5.75 Å². The fourth-order valence-electron chi connectivity index (χ4n) is 3.06. The summed E-state index contributed by atoms with van der Waals surface area (Å²) in [4.78, 5) is -0.235. The molecular formula is C19H20F6N2O3S. The highest BCUT2D eigenvalue weighted by Gasteiger charge is 2.42. The van der Waals surface area contributed by atoms with Crippen LogP contribution in [0.4, 0.5) is 32.0 Å². The van der Waals surface area contributed by atoms with E-state index in [-0.39, 0.29) is 10.6 Å². The Morgan fingerprint density at radius 1 is 0.935 bits per heavy atom. The number of benzene rings is 2. The van der Waals surface area contributed by atoms with Crippen LogP contribution >= 0.6 is 0 Å². The molecule has 5 nitrogen and oxygen atoms in total. The lowest BCUT2D eigenvalue weighted by Gasteiger charge is -2.23. The van der Waals surface area contributed by atoms with Gasteiger partial charge in [-0.1, -0.05) is 17.7 Å². The number of ether oxygens (including phenoxy) is 1. The lowest BCUT2D eigenvalue weighted by molar-refractivity contribution is -0.274. The summed E-state index contributed by atoms with van der Waals surface area (Å²) in [6.45, 7) is 3.82. The number of sulfonamides is 1. The van der Waals surface area contributed by atoms with E-state index < -0.39 is 40.9 Å². The molecule has 0 heterocycles. The van der Waals surface area contributed by atoms with Crippen LogP contribution in [0.1, 0.15) is 16.7 Å². The predicted molar refractivity (Wildman–Crippen MR) is 102 cm³/mol. The third-order valence-electron chi connectivity index (χ3n) is 4.16. The minimum atomic E-state index is -4.92. The molecule has 0 aliphatic carbocycles. The highest BCUT2D eigenvalue weighted by Crippen LogP contribution is 2.27. The standard InChI is InChI=1S/C19H20F6N2O3S/c1-11-8-12(2)17(13(3)9-11)31(28,29)27-16(18(20,21)22)10-26-14-4-6-15(7-5-14)30-19(23,24)25/h4-9,16,26-27H,10H2,1-3H3. The molecule has 0 aliphatic rings. The Kier molecular flexibility index (Phi) is 7.16. The number of rotatable bonds is 7. The van der Waals surface area contributed by atoms with E-state index in [0.29, 0.717) is 11.1 Å². The summed E-state index contributed by atoms with van der Waals surface area (Å²) in [7, 11) is -4.51. The summed E-state index contributed by atoms with van der Waals surface area (Å²) in [5.41, 5.74) is 1.42. The van der Waals surface area contributed by atoms with Crippen LogP contribution in [0, 0.1) is 20.8 Å². The van der Waals surface area contributed by atoms with E-state index in [0.717, 1.165) is 29.8 Å². The lowest BCUT2D eigenvalue weighted by atomic mass is 10.1. The van der Waals surface area contributed by atoms with Crippen molar-refractivity contribution in [3.63, 3.8) is 0 Å². The number of hydrogen-bond donors (Lipinski definition) is 2. The van der Waals surface area contributed by atoms with Crippen molar-refractivity contribution in [3.05, 3.63) is 53.1 Å². The van der Waals surface area contributed by atoms with Gasteiger partial charge in [0.1, 0.15) is 11.8 Å². The Morgan fingerprint density at radius 2 is 1.45 bits per heavy atom. The summed E-state index contributed by atoms with van der Waals surface area (Å²) in [5.74, 6) is -0.545. The average molecular weight is 470 g/mol. The molecule has 0 bridgehead atoms. The zero-order valence-electron chi connectivity index (χ0n) is 16.6. The van der Waals surface area contributed by atoms with Gasteiger partial charge in [0.2, 0.25) is 10.0 Å². The lowest BCUT2D eigenvalue weighted by Crippen LogP contribution is -2.49. The molecule has 0 aromatic heterocycles. The largest absolute Gasteiger partial charge is 0.573 e. The van der Waals surface area contributed by atoms with E-state index in [4.69, 9.17) is 0 Å². The highest BCUT2D eigenvalue weighted by atomic mass is 32.2. The van der Waals surface area contributed by atoms with E-state index >= 15 is 0 Å². The van der Waals surface area contributed by atoms with Gasteiger partial charge in [0.15, 0.2) is 0 Å². The average Bonchev–Trinajstić information content (AvgIpc) is 2.56. The van der Waals surface area contributed by atoms with Gasteiger partial charge in [0.05, 0.1) is 4.90 Å². The van der Waals surface area contributed by atoms with Crippen molar-refractivity contribution < 1.29 is 39.5 Å². The van der Waals surface area contributed by atoms with Gasteiger partial charge in [-0.25, -0.2) is 8.42 Å². The van der Waals surface area contributed by atoms with Crippen LogP contribution in [0.25, 0.3) is 0 Å². The fraction of sp³-hybridized carbons (Fsp3) is 0.368. The molecule has 0 saturated carbocycles. The summed E-state index contributed by atoms with van der Waals surface area (Å²) in [6.07, 6.45) is -9.83. The normalized spacial score (nSPS) is 13.7. The molecule has 1 atom stereocenters. The van der Waals surface area contributed by atoms with Gasteiger partial charge in [-0.2, -0.15) is 17.9 Å². The van der Waals surface area contributed by atoms with Crippen molar-refractivity contribution in [1.82, 2.24) is 4.72 Å². The van der Waals surface area contributed by atoms with Gasteiger partial charge >= 0.3 is 12.5 Å². The minimum Gasteiger partial charge on any atom is -0.406 e. The molecule has 2 N–H and O–H groups in total. The van der Waals surface area contributed by atoms with Crippen molar-refractivity contribution in [3.8, 4) is 5.75 Å². The van der Waals surface area contributed by atoms with Crippen LogP contribution in [0.3, 0.4) is 0 Å². The number of halogens is 6. The first-order chi connectivity index (χ1) is 14.1. The summed E-state index contributed by atoms with van der Waals surface area (Å²) < 4.78 is 108. The second kappa shape index (κ2) is 8.95. The molecule has 0 aliphatic heterocycles. The second-order valence-corrected chi connectivity index (χ2v) is 8.55. The number of aryl methyl sites for hydroxylation is 3. The Labute approximate surface area is 175 Å². The van der Waals surface area contributed by atoms with Crippen LogP contribution in [-0.2, 0) is 10.0 Å². The molecule has 0 fully saturated rings. The van der Waals surface area contributed by atoms with Crippen LogP contribution in [0.15, 0.2) is 41.3 Å². The van der Waals surface area contributed by atoms with Crippen molar-refractivity contribution >= 4 is 15.7 Å². The van der Waals surface area contributed by atoms with E-state index in [1.54, 1.807) is 23.8 Å². The molecule has 2 aromatic rings. The van der Waals surface area contributed by atoms with Crippen molar-refractivity contribution in [2.24, 2.45) is 0 Å². The molecule has 2 rings (SSSR count). The number of nitrogens with one attached hydrogen (secondary N) is 2. The quantitative estimate of drug-likeness (QED) is 0.569. The van der Waals surface area contributed by atoms with Gasteiger partial charge in [-0.15, -0.1) is 13.2 Å². The predicted octanol–water partition coefficient (Wildman–Crippen LogP) is 4.83. The van der Waals surface area contributed by atoms with Gasteiger partial charge in [-0.05, 0) is 56.2 Å². The number of anilines is 1. The first-order valence-corrected chi connectivity index (χ1v) is 10.3.